The highest BCUT2D eigenvalue weighted by molar-refractivity contribution is 7.15. The quantitative estimate of drug-likeness (QED) is 0.622. The van der Waals surface area contributed by atoms with E-state index in [2.05, 4.69) is 29.0 Å². The van der Waals surface area contributed by atoms with Gasteiger partial charge in [-0.15, -0.1) is 0 Å². The standard InChI is InChI=1S/C19H18N2O2S/c1-13-18(14-7-5-4-6-8-14)21-19(24-13)20-12-15-9-10-16(22-2)11-17(15)23-3/h4-12H,1-3H3. The van der Waals surface area contributed by atoms with Gasteiger partial charge in [-0.3, -0.25) is 0 Å². The Morgan fingerprint density at radius 1 is 1.04 bits per heavy atom. The highest BCUT2D eigenvalue weighted by Crippen LogP contribution is 2.32. The number of rotatable bonds is 5. The van der Waals surface area contributed by atoms with Gasteiger partial charge >= 0.3 is 0 Å². The van der Waals surface area contributed by atoms with E-state index in [1.807, 2.05) is 36.4 Å². The van der Waals surface area contributed by atoms with Gasteiger partial charge in [-0.25, -0.2) is 9.98 Å². The Kier molecular flexibility index (Phi) is 4.91. The predicted molar refractivity (Wildman–Crippen MR) is 99.1 cm³/mol. The Bertz CT molecular complexity index is 857. The zero-order chi connectivity index (χ0) is 16.9. The SMILES string of the molecule is COc1ccc(C=Nc2nc(-c3ccccc3)c(C)s2)c(OC)c1. The monoisotopic (exact) mass is 338 g/mol. The second-order valence-corrected chi connectivity index (χ2v) is 6.31. The molecular formula is C19H18N2O2S. The molecule has 2 aromatic carbocycles. The first-order valence-corrected chi connectivity index (χ1v) is 8.32. The first-order valence-electron chi connectivity index (χ1n) is 7.50. The molecule has 1 heterocycles. The normalized spacial score (nSPS) is 11.0. The molecule has 0 unspecified atom stereocenters. The second kappa shape index (κ2) is 7.27. The molecule has 0 saturated carbocycles. The summed E-state index contributed by atoms with van der Waals surface area (Å²) >= 11 is 1.58. The number of aliphatic imine (C=N–C) groups is 1. The van der Waals surface area contributed by atoms with Crippen molar-refractivity contribution in [3.8, 4) is 22.8 Å². The molecule has 4 nitrogen and oxygen atoms in total. The largest absolute Gasteiger partial charge is 0.497 e. The fourth-order valence-corrected chi connectivity index (χ4v) is 3.13. The molecule has 0 N–H and O–H groups in total. The van der Waals surface area contributed by atoms with Crippen LogP contribution in [-0.2, 0) is 0 Å². The summed E-state index contributed by atoms with van der Waals surface area (Å²) in [7, 11) is 3.26. The van der Waals surface area contributed by atoms with Gasteiger partial charge < -0.3 is 9.47 Å². The lowest BCUT2D eigenvalue weighted by Crippen LogP contribution is -1.92. The van der Waals surface area contributed by atoms with Gasteiger partial charge in [-0.1, -0.05) is 41.7 Å². The van der Waals surface area contributed by atoms with Gasteiger partial charge in [0.25, 0.3) is 0 Å². The van der Waals surface area contributed by atoms with Crippen LogP contribution in [0, 0.1) is 6.92 Å². The van der Waals surface area contributed by atoms with E-state index in [0.29, 0.717) is 0 Å². The van der Waals surface area contributed by atoms with Crippen molar-refractivity contribution in [2.45, 2.75) is 6.92 Å². The smallest absolute Gasteiger partial charge is 0.209 e. The highest BCUT2D eigenvalue weighted by Gasteiger charge is 2.09. The van der Waals surface area contributed by atoms with Crippen LogP contribution in [0.25, 0.3) is 11.3 Å². The van der Waals surface area contributed by atoms with Crippen molar-refractivity contribution in [3.63, 3.8) is 0 Å². The number of hydrogen-bond donors (Lipinski definition) is 0. The van der Waals surface area contributed by atoms with Crippen molar-refractivity contribution in [2.75, 3.05) is 14.2 Å². The van der Waals surface area contributed by atoms with Gasteiger partial charge in [-0.2, -0.15) is 0 Å². The molecule has 0 atom stereocenters. The Labute approximate surface area is 145 Å². The first-order chi connectivity index (χ1) is 11.7. The number of ether oxygens (including phenoxy) is 2. The molecule has 0 aliphatic heterocycles. The number of benzene rings is 2. The van der Waals surface area contributed by atoms with Crippen molar-refractivity contribution in [1.82, 2.24) is 4.98 Å². The van der Waals surface area contributed by atoms with Crippen molar-refractivity contribution >= 4 is 22.7 Å². The van der Waals surface area contributed by atoms with E-state index >= 15 is 0 Å². The van der Waals surface area contributed by atoms with Crippen LogP contribution >= 0.6 is 11.3 Å². The Hall–Kier alpha value is -2.66. The lowest BCUT2D eigenvalue weighted by molar-refractivity contribution is 0.394. The van der Waals surface area contributed by atoms with Crippen LogP contribution in [0.2, 0.25) is 0 Å². The Balaban J connectivity index is 1.88. The van der Waals surface area contributed by atoms with Crippen LogP contribution in [-0.4, -0.2) is 25.4 Å². The van der Waals surface area contributed by atoms with Crippen molar-refractivity contribution < 1.29 is 9.47 Å². The van der Waals surface area contributed by atoms with Crippen LogP contribution in [0.4, 0.5) is 5.13 Å². The van der Waals surface area contributed by atoms with Crippen LogP contribution in [0.3, 0.4) is 0 Å². The zero-order valence-electron chi connectivity index (χ0n) is 13.8. The molecule has 3 aromatic rings. The minimum atomic E-state index is 0.717. The minimum Gasteiger partial charge on any atom is -0.497 e. The molecule has 0 saturated heterocycles. The van der Waals surface area contributed by atoms with Crippen LogP contribution in [0.5, 0.6) is 11.5 Å². The fraction of sp³-hybridized carbons (Fsp3) is 0.158. The molecule has 0 bridgehead atoms. The summed E-state index contributed by atoms with van der Waals surface area (Å²) in [6.07, 6.45) is 1.77. The lowest BCUT2D eigenvalue weighted by atomic mass is 10.1. The number of hydrogen-bond acceptors (Lipinski definition) is 5. The van der Waals surface area contributed by atoms with E-state index in [1.165, 1.54) is 0 Å². The first kappa shape index (κ1) is 16.2. The number of nitrogens with zero attached hydrogens (tertiary/aromatic N) is 2. The van der Waals surface area contributed by atoms with Gasteiger partial charge in [0.05, 0.1) is 19.9 Å². The molecule has 0 radical (unpaired) electrons. The molecule has 24 heavy (non-hydrogen) atoms. The maximum absolute atomic E-state index is 5.39. The van der Waals surface area contributed by atoms with Crippen molar-refractivity contribution in [1.29, 1.82) is 0 Å². The van der Waals surface area contributed by atoms with E-state index in [0.717, 1.165) is 38.3 Å². The van der Waals surface area contributed by atoms with Gasteiger partial charge in [0.1, 0.15) is 11.5 Å². The zero-order valence-corrected chi connectivity index (χ0v) is 14.6. The average molecular weight is 338 g/mol. The summed E-state index contributed by atoms with van der Waals surface area (Å²) in [6.45, 7) is 2.06. The molecule has 122 valence electrons. The topological polar surface area (TPSA) is 43.7 Å². The predicted octanol–water partition coefficient (Wildman–Crippen LogP) is 4.89. The van der Waals surface area contributed by atoms with Gasteiger partial charge in [0, 0.05) is 28.3 Å². The number of aromatic nitrogens is 1. The summed E-state index contributed by atoms with van der Waals surface area (Å²) in [5.41, 5.74) is 2.97. The molecule has 5 heteroatoms. The molecule has 0 aliphatic carbocycles. The molecular weight excluding hydrogens is 320 g/mol. The highest BCUT2D eigenvalue weighted by atomic mass is 32.1. The van der Waals surface area contributed by atoms with E-state index < -0.39 is 0 Å². The number of thiazole rings is 1. The lowest BCUT2D eigenvalue weighted by Gasteiger charge is -2.06. The van der Waals surface area contributed by atoms with Gasteiger partial charge in [0.15, 0.2) is 0 Å². The van der Waals surface area contributed by atoms with Crippen LogP contribution < -0.4 is 9.47 Å². The molecule has 1 aromatic heterocycles. The number of methoxy groups -OCH3 is 2. The van der Waals surface area contributed by atoms with Crippen LogP contribution in [0.1, 0.15) is 10.4 Å². The maximum Gasteiger partial charge on any atom is 0.209 e. The number of aryl methyl sites for hydroxylation is 1. The molecule has 0 amide bonds. The maximum atomic E-state index is 5.39. The minimum absolute atomic E-state index is 0.717. The average Bonchev–Trinajstić information content (AvgIpc) is 3.01. The third kappa shape index (κ3) is 3.46. The van der Waals surface area contributed by atoms with Crippen molar-refractivity contribution in [3.05, 3.63) is 59.0 Å². The Morgan fingerprint density at radius 2 is 1.83 bits per heavy atom. The Morgan fingerprint density at radius 3 is 2.54 bits per heavy atom. The van der Waals surface area contributed by atoms with Crippen LogP contribution in [0.15, 0.2) is 53.5 Å². The molecule has 0 spiro atoms. The molecule has 0 fully saturated rings. The summed E-state index contributed by atoms with van der Waals surface area (Å²) in [5.74, 6) is 1.47. The summed E-state index contributed by atoms with van der Waals surface area (Å²) in [5, 5.41) is 0.726. The summed E-state index contributed by atoms with van der Waals surface area (Å²) in [6, 6.07) is 15.8. The molecule has 3 rings (SSSR count). The fourth-order valence-electron chi connectivity index (χ4n) is 2.35. The van der Waals surface area contributed by atoms with Crippen molar-refractivity contribution in [2.24, 2.45) is 4.99 Å². The van der Waals surface area contributed by atoms with E-state index in [9.17, 15) is 0 Å². The van der Waals surface area contributed by atoms with Gasteiger partial charge in [-0.05, 0) is 19.1 Å². The second-order valence-electron chi connectivity index (χ2n) is 5.13. The third-order valence-electron chi connectivity index (χ3n) is 3.59. The summed E-state index contributed by atoms with van der Waals surface area (Å²) in [4.78, 5) is 10.3. The summed E-state index contributed by atoms with van der Waals surface area (Å²) < 4.78 is 10.6. The van der Waals surface area contributed by atoms with Gasteiger partial charge in [0.2, 0.25) is 5.13 Å². The third-order valence-corrected chi connectivity index (χ3v) is 4.47. The van der Waals surface area contributed by atoms with E-state index in [-0.39, 0.29) is 0 Å². The van der Waals surface area contributed by atoms with E-state index in [1.54, 1.807) is 31.8 Å². The van der Waals surface area contributed by atoms with E-state index in [4.69, 9.17) is 9.47 Å². The molecule has 0 aliphatic rings.